The Bertz CT molecular complexity index is 1230. The molecule has 0 unspecified atom stereocenters. The molecule has 2 aromatic heterocycles. The number of aromatic nitrogens is 3. The van der Waals surface area contributed by atoms with Crippen molar-refractivity contribution < 1.29 is 9.53 Å². The van der Waals surface area contributed by atoms with Crippen LogP contribution < -0.4 is 10.1 Å². The Morgan fingerprint density at radius 1 is 1.07 bits per heavy atom. The van der Waals surface area contributed by atoms with Crippen molar-refractivity contribution in [3.63, 3.8) is 0 Å². The first-order valence-corrected chi connectivity index (χ1v) is 9.83. The number of hydrogen-bond acceptors (Lipinski definition) is 4. The summed E-state index contributed by atoms with van der Waals surface area (Å²) in [6, 6.07) is 15.8. The summed E-state index contributed by atoms with van der Waals surface area (Å²) in [4.78, 5) is 17.0. The second-order valence-corrected chi connectivity index (χ2v) is 7.47. The molecule has 0 spiro atoms. The van der Waals surface area contributed by atoms with Gasteiger partial charge in [0.25, 0.3) is 5.91 Å². The zero-order valence-electron chi connectivity index (χ0n) is 17.6. The Morgan fingerprint density at radius 2 is 1.83 bits per heavy atom. The second kappa shape index (κ2) is 7.99. The molecule has 0 atom stereocenters. The number of hydrogen-bond donors (Lipinski definition) is 1. The largest absolute Gasteiger partial charge is 0.483 e. The smallest absolute Gasteiger partial charge is 0.262 e. The van der Waals surface area contributed by atoms with Crippen molar-refractivity contribution in [2.24, 2.45) is 0 Å². The highest BCUT2D eigenvalue weighted by molar-refractivity contribution is 5.94. The maximum Gasteiger partial charge on any atom is 0.262 e. The van der Waals surface area contributed by atoms with Gasteiger partial charge in [-0.3, -0.25) is 4.79 Å². The van der Waals surface area contributed by atoms with E-state index in [1.807, 2.05) is 74.8 Å². The van der Waals surface area contributed by atoms with Crippen molar-refractivity contribution in [1.29, 1.82) is 0 Å². The fourth-order valence-corrected chi connectivity index (χ4v) is 3.45. The Balaban J connectivity index is 1.50. The highest BCUT2D eigenvalue weighted by Crippen LogP contribution is 2.24. The van der Waals surface area contributed by atoms with E-state index in [9.17, 15) is 4.79 Å². The first-order chi connectivity index (χ1) is 14.4. The molecule has 1 amide bonds. The Labute approximate surface area is 175 Å². The molecule has 152 valence electrons. The molecule has 6 heteroatoms. The van der Waals surface area contributed by atoms with Crippen LogP contribution in [0.3, 0.4) is 0 Å². The van der Waals surface area contributed by atoms with Crippen LogP contribution in [0.15, 0.2) is 54.7 Å². The average Bonchev–Trinajstić information content (AvgIpc) is 3.06. The fourth-order valence-electron chi connectivity index (χ4n) is 3.45. The van der Waals surface area contributed by atoms with Gasteiger partial charge in [0.2, 0.25) is 0 Å². The average molecular weight is 400 g/mol. The predicted molar refractivity (Wildman–Crippen MR) is 118 cm³/mol. The van der Waals surface area contributed by atoms with Gasteiger partial charge in [-0.15, -0.1) is 0 Å². The van der Waals surface area contributed by atoms with Crippen LogP contribution in [0.4, 0.5) is 5.69 Å². The minimum absolute atomic E-state index is 0.0654. The third-order valence-electron chi connectivity index (χ3n) is 5.11. The first kappa shape index (κ1) is 19.6. The number of anilines is 1. The van der Waals surface area contributed by atoms with Crippen LogP contribution in [-0.2, 0) is 4.79 Å². The number of amides is 1. The molecule has 0 fully saturated rings. The molecule has 1 N–H and O–H groups in total. The molecule has 0 saturated heterocycles. The van der Waals surface area contributed by atoms with E-state index in [0.717, 1.165) is 44.9 Å². The summed E-state index contributed by atoms with van der Waals surface area (Å²) in [6.07, 6.45) is 1.64. The summed E-state index contributed by atoms with van der Waals surface area (Å²) in [5, 5.41) is 8.36. The lowest BCUT2D eigenvalue weighted by atomic mass is 10.1. The van der Waals surface area contributed by atoms with Crippen molar-refractivity contribution in [3.8, 4) is 11.4 Å². The maximum absolute atomic E-state index is 12.4. The summed E-state index contributed by atoms with van der Waals surface area (Å²) in [6.45, 7) is 7.91. The van der Waals surface area contributed by atoms with Gasteiger partial charge in [0, 0.05) is 5.39 Å². The van der Waals surface area contributed by atoms with Gasteiger partial charge in [0.15, 0.2) is 12.3 Å². The van der Waals surface area contributed by atoms with Gasteiger partial charge in [-0.1, -0.05) is 24.3 Å². The normalized spacial score (nSPS) is 10.9. The van der Waals surface area contributed by atoms with E-state index in [-0.39, 0.29) is 12.5 Å². The summed E-state index contributed by atoms with van der Waals surface area (Å²) >= 11 is 0. The van der Waals surface area contributed by atoms with Gasteiger partial charge < -0.3 is 10.1 Å². The number of aryl methyl sites for hydroxylation is 3. The number of carbonyl (C=O) groups excluding carboxylic acids is 1. The van der Waals surface area contributed by atoms with Crippen LogP contribution in [0.5, 0.6) is 5.75 Å². The Kier molecular flexibility index (Phi) is 5.23. The molecule has 4 rings (SSSR count). The summed E-state index contributed by atoms with van der Waals surface area (Å²) in [7, 11) is 0. The SMILES string of the molecule is Cc1cc(C)c(C)c(OCC(=O)Nc2cnc3c(c2)c(C)nn3-c2ccccc2)c1. The van der Waals surface area contributed by atoms with Gasteiger partial charge in [-0.05, 0) is 68.7 Å². The van der Waals surface area contributed by atoms with Gasteiger partial charge >= 0.3 is 0 Å². The van der Waals surface area contributed by atoms with Crippen LogP contribution in [0.1, 0.15) is 22.4 Å². The minimum Gasteiger partial charge on any atom is -0.483 e. The standard InChI is InChI=1S/C24H24N4O2/c1-15-10-16(2)17(3)22(11-15)30-14-23(29)26-19-12-21-18(4)27-28(24(21)25-13-19)20-8-6-5-7-9-20/h5-13H,14H2,1-4H3,(H,26,29). The van der Waals surface area contributed by atoms with E-state index < -0.39 is 0 Å². The highest BCUT2D eigenvalue weighted by atomic mass is 16.5. The molecule has 30 heavy (non-hydrogen) atoms. The van der Waals surface area contributed by atoms with E-state index in [1.54, 1.807) is 6.20 Å². The van der Waals surface area contributed by atoms with Crippen molar-refractivity contribution >= 4 is 22.6 Å². The topological polar surface area (TPSA) is 69.0 Å². The van der Waals surface area contributed by atoms with Crippen molar-refractivity contribution in [2.45, 2.75) is 27.7 Å². The lowest BCUT2D eigenvalue weighted by molar-refractivity contribution is -0.118. The fraction of sp³-hybridized carbons (Fsp3) is 0.208. The summed E-state index contributed by atoms with van der Waals surface area (Å²) < 4.78 is 7.56. The number of rotatable bonds is 5. The highest BCUT2D eigenvalue weighted by Gasteiger charge is 2.13. The van der Waals surface area contributed by atoms with Crippen molar-refractivity contribution in [1.82, 2.24) is 14.8 Å². The monoisotopic (exact) mass is 400 g/mol. The number of nitrogens with one attached hydrogen (secondary N) is 1. The van der Waals surface area contributed by atoms with Crippen LogP contribution in [0.2, 0.25) is 0 Å². The molecule has 0 radical (unpaired) electrons. The number of ether oxygens (including phenoxy) is 1. The number of pyridine rings is 1. The maximum atomic E-state index is 12.4. The van der Waals surface area contributed by atoms with Gasteiger partial charge in [-0.25, -0.2) is 9.67 Å². The summed E-state index contributed by atoms with van der Waals surface area (Å²) in [5.41, 5.74) is 6.44. The Hall–Kier alpha value is -3.67. The number of carbonyl (C=O) groups is 1. The molecule has 2 aromatic carbocycles. The zero-order chi connectivity index (χ0) is 21.3. The van der Waals surface area contributed by atoms with E-state index in [1.165, 1.54) is 0 Å². The summed E-state index contributed by atoms with van der Waals surface area (Å²) in [5.74, 6) is 0.499. The van der Waals surface area contributed by atoms with Gasteiger partial charge in [-0.2, -0.15) is 5.10 Å². The van der Waals surface area contributed by atoms with Crippen LogP contribution >= 0.6 is 0 Å². The third-order valence-corrected chi connectivity index (χ3v) is 5.11. The lowest BCUT2D eigenvalue weighted by Gasteiger charge is -2.12. The van der Waals surface area contributed by atoms with Crippen LogP contribution in [-0.4, -0.2) is 27.3 Å². The molecule has 6 nitrogen and oxygen atoms in total. The zero-order valence-corrected chi connectivity index (χ0v) is 17.6. The Morgan fingerprint density at radius 3 is 2.60 bits per heavy atom. The lowest BCUT2D eigenvalue weighted by Crippen LogP contribution is -2.20. The number of para-hydroxylation sites is 1. The molecular formula is C24H24N4O2. The molecular weight excluding hydrogens is 376 g/mol. The van der Waals surface area contributed by atoms with E-state index in [4.69, 9.17) is 4.74 Å². The molecule has 0 bridgehead atoms. The molecule has 2 heterocycles. The predicted octanol–water partition coefficient (Wildman–Crippen LogP) is 4.67. The van der Waals surface area contributed by atoms with E-state index >= 15 is 0 Å². The van der Waals surface area contributed by atoms with Crippen LogP contribution in [0.25, 0.3) is 16.7 Å². The van der Waals surface area contributed by atoms with Crippen molar-refractivity contribution in [3.05, 3.63) is 77.1 Å². The molecule has 0 aliphatic heterocycles. The number of nitrogens with zero attached hydrogens (tertiary/aromatic N) is 3. The van der Waals surface area contributed by atoms with E-state index in [2.05, 4.69) is 21.5 Å². The quantitative estimate of drug-likeness (QED) is 0.528. The molecule has 4 aromatic rings. The first-order valence-electron chi connectivity index (χ1n) is 9.83. The second-order valence-electron chi connectivity index (χ2n) is 7.47. The van der Waals surface area contributed by atoms with E-state index in [0.29, 0.717) is 5.69 Å². The number of benzene rings is 2. The molecule has 0 aliphatic rings. The third kappa shape index (κ3) is 3.89. The minimum atomic E-state index is -0.234. The molecule has 0 saturated carbocycles. The van der Waals surface area contributed by atoms with Crippen LogP contribution in [0, 0.1) is 27.7 Å². The molecule has 0 aliphatic carbocycles. The number of fused-ring (bicyclic) bond motifs is 1. The van der Waals surface area contributed by atoms with Crippen molar-refractivity contribution in [2.75, 3.05) is 11.9 Å². The van der Waals surface area contributed by atoms with Gasteiger partial charge in [0.05, 0.1) is 23.3 Å². The van der Waals surface area contributed by atoms with Gasteiger partial charge in [0.1, 0.15) is 5.75 Å².